The van der Waals surface area contributed by atoms with Gasteiger partial charge in [-0.3, -0.25) is 9.59 Å². The molecule has 0 bridgehead atoms. The summed E-state index contributed by atoms with van der Waals surface area (Å²) in [6.07, 6.45) is 1.95. The number of carbonyl (C=O) groups is 2. The quantitative estimate of drug-likeness (QED) is 0.432. The summed E-state index contributed by atoms with van der Waals surface area (Å²) in [7, 11) is 0.395. The Morgan fingerprint density at radius 1 is 1.25 bits per heavy atom. The molecule has 0 saturated carbocycles. The number of cyclic esters (lactones) is 2. The van der Waals surface area contributed by atoms with Crippen molar-refractivity contribution >= 4 is 20.5 Å². The number of esters is 2. The zero-order valence-corrected chi connectivity index (χ0v) is 11.3. The molecule has 1 heterocycles. The highest BCUT2D eigenvalue weighted by molar-refractivity contribution is 7.45. The van der Waals surface area contributed by atoms with Crippen molar-refractivity contribution in [3.05, 3.63) is 10.9 Å². The van der Waals surface area contributed by atoms with Gasteiger partial charge in [-0.25, -0.2) is 0 Å². The van der Waals surface area contributed by atoms with E-state index in [9.17, 15) is 9.59 Å². The fraction of sp³-hybridized carbons (Fsp3) is 0.667. The van der Waals surface area contributed by atoms with Crippen LogP contribution in [0.4, 0.5) is 0 Å². The molecule has 3 nitrogen and oxygen atoms in total. The van der Waals surface area contributed by atoms with Crippen LogP contribution >= 0.6 is 8.58 Å². The summed E-state index contributed by atoms with van der Waals surface area (Å²) in [5, 5.41) is 1.31. The van der Waals surface area contributed by atoms with Crippen molar-refractivity contribution in [1.29, 1.82) is 0 Å². The van der Waals surface area contributed by atoms with E-state index in [-0.39, 0.29) is 23.5 Å². The van der Waals surface area contributed by atoms with Gasteiger partial charge in [-0.2, -0.15) is 0 Å². The van der Waals surface area contributed by atoms with Crippen molar-refractivity contribution in [2.24, 2.45) is 5.92 Å². The van der Waals surface area contributed by atoms with Gasteiger partial charge in [0.1, 0.15) is 0 Å². The summed E-state index contributed by atoms with van der Waals surface area (Å²) in [6, 6.07) is 0. The van der Waals surface area contributed by atoms with E-state index in [4.69, 9.17) is 0 Å². The van der Waals surface area contributed by atoms with Gasteiger partial charge < -0.3 is 4.74 Å². The average Bonchev–Trinajstić information content (AvgIpc) is 2.50. The maximum Gasteiger partial charge on any atom is 0.321 e. The van der Waals surface area contributed by atoms with E-state index in [1.165, 1.54) is 10.9 Å². The Hall–Kier alpha value is -0.690. The van der Waals surface area contributed by atoms with Gasteiger partial charge >= 0.3 is 11.9 Å². The first kappa shape index (κ1) is 13.4. The van der Waals surface area contributed by atoms with E-state index in [1.54, 1.807) is 6.92 Å². The van der Waals surface area contributed by atoms with Gasteiger partial charge in [0.15, 0.2) is 0 Å². The Kier molecular flexibility index (Phi) is 4.67. The minimum atomic E-state index is -0.368. The van der Waals surface area contributed by atoms with E-state index in [0.717, 1.165) is 12.8 Å². The molecule has 1 saturated heterocycles. The Bertz CT molecular complexity index is 333. The molecule has 1 aliphatic heterocycles. The number of allylic oxidation sites excluding steroid dienone is 2. The molecule has 16 heavy (non-hydrogen) atoms. The third kappa shape index (κ3) is 2.70. The molecule has 0 aromatic heterocycles. The molecule has 0 N–H and O–H groups in total. The second-order valence-corrected chi connectivity index (χ2v) is 5.63. The summed E-state index contributed by atoms with van der Waals surface area (Å²) in [5.41, 5.74) is 1.09. The molecular weight excluding hydrogens is 223 g/mol. The van der Waals surface area contributed by atoms with Crippen molar-refractivity contribution in [2.45, 2.75) is 46.2 Å². The molecule has 0 aromatic carbocycles. The molecule has 1 aliphatic rings. The maximum atomic E-state index is 11.5. The molecule has 1 rings (SSSR count). The topological polar surface area (TPSA) is 43.4 Å². The van der Waals surface area contributed by atoms with Crippen LogP contribution in [0.5, 0.6) is 0 Å². The number of hydrogen-bond donors (Lipinski definition) is 0. The summed E-state index contributed by atoms with van der Waals surface area (Å²) >= 11 is 0. The predicted molar refractivity (Wildman–Crippen MR) is 65.6 cm³/mol. The van der Waals surface area contributed by atoms with Crippen LogP contribution in [0, 0.1) is 5.92 Å². The summed E-state index contributed by atoms with van der Waals surface area (Å²) in [4.78, 5) is 22.7. The van der Waals surface area contributed by atoms with E-state index in [1.807, 2.05) is 0 Å². The number of carbonyl (C=O) groups excluding carboxylic acids is 2. The third-order valence-corrected chi connectivity index (χ3v) is 5.23. The summed E-state index contributed by atoms with van der Waals surface area (Å²) in [5.74, 6) is -0.991. The van der Waals surface area contributed by atoms with E-state index in [2.05, 4.69) is 25.5 Å². The van der Waals surface area contributed by atoms with Gasteiger partial charge in [-0.1, -0.05) is 34.9 Å². The van der Waals surface area contributed by atoms with Crippen molar-refractivity contribution in [1.82, 2.24) is 0 Å². The highest BCUT2D eigenvalue weighted by Crippen LogP contribution is 2.41. The van der Waals surface area contributed by atoms with Gasteiger partial charge in [0, 0.05) is 0 Å². The molecular formula is C12H19O3P. The standard InChI is InChI=1S/C12H19O3P/c1-5-7(3)9(6-2)16-10-8(4)11(13)15-12(10)14/h8,10,16H,5-6H2,1-4H3/b9-7+. The van der Waals surface area contributed by atoms with Crippen LogP contribution in [0.2, 0.25) is 0 Å². The second-order valence-electron chi connectivity index (χ2n) is 4.12. The normalized spacial score (nSPS) is 27.5. The fourth-order valence-electron chi connectivity index (χ4n) is 1.71. The van der Waals surface area contributed by atoms with Gasteiger partial charge in [-0.05, 0) is 25.1 Å². The highest BCUT2D eigenvalue weighted by Gasteiger charge is 2.41. The van der Waals surface area contributed by atoms with Crippen molar-refractivity contribution < 1.29 is 14.3 Å². The Morgan fingerprint density at radius 3 is 2.25 bits per heavy atom. The average molecular weight is 242 g/mol. The first-order valence-corrected chi connectivity index (χ1v) is 6.79. The van der Waals surface area contributed by atoms with Gasteiger partial charge in [0.05, 0.1) is 11.6 Å². The smallest absolute Gasteiger partial charge is 0.321 e. The number of hydrogen-bond acceptors (Lipinski definition) is 3. The van der Waals surface area contributed by atoms with Crippen LogP contribution in [0.15, 0.2) is 10.9 Å². The molecule has 0 spiro atoms. The summed E-state index contributed by atoms with van der Waals surface area (Å²) in [6.45, 7) is 8.07. The van der Waals surface area contributed by atoms with Gasteiger partial charge in [0.2, 0.25) is 0 Å². The lowest BCUT2D eigenvalue weighted by molar-refractivity contribution is -0.152. The van der Waals surface area contributed by atoms with E-state index in [0.29, 0.717) is 8.58 Å². The minimum Gasteiger partial charge on any atom is -0.392 e. The minimum absolute atomic E-state index is 0.246. The van der Waals surface area contributed by atoms with Crippen molar-refractivity contribution in [3.63, 3.8) is 0 Å². The molecule has 0 radical (unpaired) electrons. The van der Waals surface area contributed by atoms with E-state index < -0.39 is 0 Å². The van der Waals surface area contributed by atoms with Crippen LogP contribution in [-0.4, -0.2) is 17.6 Å². The molecule has 0 aliphatic carbocycles. The predicted octanol–water partition coefficient (Wildman–Crippen LogP) is 2.85. The highest BCUT2D eigenvalue weighted by atomic mass is 31.1. The van der Waals surface area contributed by atoms with Crippen LogP contribution in [-0.2, 0) is 14.3 Å². The molecule has 0 amide bonds. The van der Waals surface area contributed by atoms with Crippen LogP contribution in [0.3, 0.4) is 0 Å². The SMILES string of the molecule is CC/C(C)=C(\CC)PC1C(=O)OC(=O)C1C. The Labute approximate surface area is 98.4 Å². The first-order chi connectivity index (χ1) is 7.51. The molecule has 3 unspecified atom stereocenters. The monoisotopic (exact) mass is 242 g/mol. The molecule has 90 valence electrons. The molecule has 4 heteroatoms. The number of rotatable bonds is 4. The zero-order valence-electron chi connectivity index (χ0n) is 10.3. The van der Waals surface area contributed by atoms with Gasteiger partial charge in [-0.15, -0.1) is 0 Å². The second kappa shape index (κ2) is 5.58. The lowest BCUT2D eigenvalue weighted by atomic mass is 10.1. The summed E-state index contributed by atoms with van der Waals surface area (Å²) < 4.78 is 4.65. The van der Waals surface area contributed by atoms with Gasteiger partial charge in [0.25, 0.3) is 0 Å². The van der Waals surface area contributed by atoms with Crippen LogP contribution in [0.1, 0.15) is 40.5 Å². The maximum absolute atomic E-state index is 11.5. The lowest BCUT2D eigenvalue weighted by Crippen LogP contribution is -2.16. The fourth-order valence-corrected chi connectivity index (χ4v) is 3.27. The Balaban J connectivity index is 2.80. The molecule has 0 aromatic rings. The van der Waals surface area contributed by atoms with Crippen molar-refractivity contribution in [2.75, 3.05) is 0 Å². The van der Waals surface area contributed by atoms with Crippen molar-refractivity contribution in [3.8, 4) is 0 Å². The first-order valence-electron chi connectivity index (χ1n) is 5.71. The van der Waals surface area contributed by atoms with Crippen LogP contribution in [0.25, 0.3) is 0 Å². The van der Waals surface area contributed by atoms with E-state index >= 15 is 0 Å². The Morgan fingerprint density at radius 2 is 1.88 bits per heavy atom. The molecule has 3 atom stereocenters. The van der Waals surface area contributed by atoms with Crippen LogP contribution < -0.4 is 0 Å². The largest absolute Gasteiger partial charge is 0.392 e. The zero-order chi connectivity index (χ0) is 12.3. The third-order valence-electron chi connectivity index (χ3n) is 3.06. The number of ether oxygens (including phenoxy) is 1. The molecule has 1 fully saturated rings. The lowest BCUT2D eigenvalue weighted by Gasteiger charge is -2.14.